The Morgan fingerprint density at radius 1 is 1.56 bits per heavy atom. The maximum atomic E-state index is 6.13. The molecule has 2 atom stereocenters. The van der Waals surface area contributed by atoms with E-state index in [4.69, 9.17) is 10.3 Å². The van der Waals surface area contributed by atoms with Gasteiger partial charge in [0.25, 0.3) is 0 Å². The highest BCUT2D eigenvalue weighted by Gasteiger charge is 2.42. The number of hydrogen-bond acceptors (Lipinski definition) is 4. The van der Waals surface area contributed by atoms with Gasteiger partial charge in [0.15, 0.2) is 5.82 Å². The van der Waals surface area contributed by atoms with E-state index >= 15 is 0 Å². The Hall–Kier alpha value is -0.900. The SMILES string of the molecule is CCCCc1noc(C2(C)CCCC2N)n1. The standard InChI is InChI=1S/C12H21N3O/c1-3-4-7-10-14-11(16-15-10)12(2)8-5-6-9(12)13/h9H,3-8,13H2,1-2H3. The molecule has 0 bridgehead atoms. The van der Waals surface area contributed by atoms with Gasteiger partial charge in [0.1, 0.15) is 0 Å². The molecule has 1 aromatic heterocycles. The van der Waals surface area contributed by atoms with E-state index in [1.165, 1.54) is 0 Å². The number of hydrogen-bond donors (Lipinski definition) is 1. The van der Waals surface area contributed by atoms with E-state index < -0.39 is 0 Å². The first-order valence-corrected chi connectivity index (χ1v) is 6.25. The van der Waals surface area contributed by atoms with Gasteiger partial charge in [0.2, 0.25) is 5.89 Å². The molecule has 4 heteroatoms. The van der Waals surface area contributed by atoms with Crippen LogP contribution in [0.25, 0.3) is 0 Å². The average molecular weight is 223 g/mol. The van der Waals surface area contributed by atoms with Gasteiger partial charge in [-0.2, -0.15) is 4.98 Å². The van der Waals surface area contributed by atoms with Crippen molar-refractivity contribution < 1.29 is 4.52 Å². The zero-order valence-electron chi connectivity index (χ0n) is 10.2. The third-order valence-electron chi connectivity index (χ3n) is 3.74. The average Bonchev–Trinajstić information content (AvgIpc) is 2.85. The molecule has 1 heterocycles. The minimum atomic E-state index is -0.0997. The van der Waals surface area contributed by atoms with E-state index in [9.17, 15) is 0 Å². The molecule has 90 valence electrons. The van der Waals surface area contributed by atoms with Crippen molar-refractivity contribution in [3.8, 4) is 0 Å². The molecular weight excluding hydrogens is 202 g/mol. The minimum absolute atomic E-state index is 0.0997. The van der Waals surface area contributed by atoms with Gasteiger partial charge in [0, 0.05) is 12.5 Å². The molecule has 4 nitrogen and oxygen atoms in total. The topological polar surface area (TPSA) is 64.9 Å². The predicted octanol–water partition coefficient (Wildman–Crippen LogP) is 2.18. The maximum Gasteiger partial charge on any atom is 0.234 e. The van der Waals surface area contributed by atoms with E-state index in [0.29, 0.717) is 0 Å². The van der Waals surface area contributed by atoms with Crippen LogP contribution in [0.15, 0.2) is 4.52 Å². The molecule has 0 aromatic carbocycles. The van der Waals surface area contributed by atoms with Crippen LogP contribution < -0.4 is 5.73 Å². The molecule has 0 saturated heterocycles. The van der Waals surface area contributed by atoms with Crippen LogP contribution in [0.3, 0.4) is 0 Å². The Morgan fingerprint density at radius 2 is 2.38 bits per heavy atom. The molecule has 2 rings (SSSR count). The van der Waals surface area contributed by atoms with E-state index in [2.05, 4.69) is 24.0 Å². The Kier molecular flexibility index (Phi) is 3.28. The van der Waals surface area contributed by atoms with E-state index in [-0.39, 0.29) is 11.5 Å². The first-order chi connectivity index (χ1) is 7.66. The van der Waals surface area contributed by atoms with E-state index in [1.54, 1.807) is 0 Å². The quantitative estimate of drug-likeness (QED) is 0.849. The smallest absolute Gasteiger partial charge is 0.234 e. The molecule has 1 aliphatic carbocycles. The third kappa shape index (κ3) is 1.98. The van der Waals surface area contributed by atoms with Gasteiger partial charge in [-0.1, -0.05) is 24.9 Å². The molecule has 1 saturated carbocycles. The normalized spacial score (nSPS) is 29.8. The predicted molar refractivity (Wildman–Crippen MR) is 62.1 cm³/mol. The van der Waals surface area contributed by atoms with Crippen molar-refractivity contribution in [3.63, 3.8) is 0 Å². The second kappa shape index (κ2) is 4.53. The lowest BCUT2D eigenvalue weighted by Crippen LogP contribution is -2.38. The fourth-order valence-electron chi connectivity index (χ4n) is 2.38. The van der Waals surface area contributed by atoms with Crippen molar-refractivity contribution in [1.29, 1.82) is 0 Å². The third-order valence-corrected chi connectivity index (χ3v) is 3.74. The molecule has 1 fully saturated rings. The molecule has 0 amide bonds. The van der Waals surface area contributed by atoms with Crippen LogP contribution in [0.1, 0.15) is 57.7 Å². The van der Waals surface area contributed by atoms with Crippen LogP contribution >= 0.6 is 0 Å². The lowest BCUT2D eigenvalue weighted by atomic mass is 9.85. The zero-order valence-corrected chi connectivity index (χ0v) is 10.2. The molecule has 16 heavy (non-hydrogen) atoms. The van der Waals surface area contributed by atoms with Gasteiger partial charge < -0.3 is 10.3 Å². The molecule has 1 aliphatic rings. The van der Waals surface area contributed by atoms with Crippen LogP contribution in [0.2, 0.25) is 0 Å². The fraction of sp³-hybridized carbons (Fsp3) is 0.833. The summed E-state index contributed by atoms with van der Waals surface area (Å²) in [5.74, 6) is 1.57. The Labute approximate surface area is 96.6 Å². The Balaban J connectivity index is 2.11. The summed E-state index contributed by atoms with van der Waals surface area (Å²) in [6.45, 7) is 4.30. The van der Waals surface area contributed by atoms with Gasteiger partial charge in [-0.25, -0.2) is 0 Å². The van der Waals surface area contributed by atoms with Crippen molar-refractivity contribution in [1.82, 2.24) is 10.1 Å². The number of rotatable bonds is 4. The van der Waals surface area contributed by atoms with Crippen molar-refractivity contribution >= 4 is 0 Å². The number of aryl methyl sites for hydroxylation is 1. The first kappa shape index (κ1) is 11.6. The molecule has 2 unspecified atom stereocenters. The van der Waals surface area contributed by atoms with Crippen LogP contribution in [0.5, 0.6) is 0 Å². The first-order valence-electron chi connectivity index (χ1n) is 6.25. The summed E-state index contributed by atoms with van der Waals surface area (Å²) in [6.07, 6.45) is 6.45. The summed E-state index contributed by atoms with van der Waals surface area (Å²) in [5.41, 5.74) is 6.03. The van der Waals surface area contributed by atoms with E-state index in [1.807, 2.05) is 0 Å². The Bertz CT molecular complexity index is 350. The fourth-order valence-corrected chi connectivity index (χ4v) is 2.38. The lowest BCUT2D eigenvalue weighted by Gasteiger charge is -2.23. The molecule has 0 radical (unpaired) electrons. The van der Waals surface area contributed by atoms with Gasteiger partial charge in [-0.05, 0) is 26.2 Å². The summed E-state index contributed by atoms with van der Waals surface area (Å²) in [7, 11) is 0. The molecule has 0 spiro atoms. The van der Waals surface area contributed by atoms with Gasteiger partial charge >= 0.3 is 0 Å². The summed E-state index contributed by atoms with van der Waals surface area (Å²) >= 11 is 0. The molecule has 2 N–H and O–H groups in total. The van der Waals surface area contributed by atoms with Crippen LogP contribution in [0.4, 0.5) is 0 Å². The number of nitrogens with two attached hydrogens (primary N) is 1. The second-order valence-corrected chi connectivity index (χ2v) is 5.04. The number of nitrogens with zero attached hydrogens (tertiary/aromatic N) is 2. The highest BCUT2D eigenvalue weighted by Crippen LogP contribution is 2.38. The highest BCUT2D eigenvalue weighted by molar-refractivity contribution is 5.11. The lowest BCUT2D eigenvalue weighted by molar-refractivity contribution is 0.276. The summed E-state index contributed by atoms with van der Waals surface area (Å²) < 4.78 is 5.38. The number of aromatic nitrogens is 2. The van der Waals surface area contributed by atoms with Gasteiger partial charge in [-0.3, -0.25) is 0 Å². The summed E-state index contributed by atoms with van der Waals surface area (Å²) in [6, 6.07) is 0.159. The van der Waals surface area contributed by atoms with Crippen molar-refractivity contribution in [2.45, 2.75) is 63.8 Å². The molecular formula is C12H21N3O. The van der Waals surface area contributed by atoms with E-state index in [0.717, 1.165) is 50.2 Å². The second-order valence-electron chi connectivity index (χ2n) is 5.04. The van der Waals surface area contributed by atoms with Crippen molar-refractivity contribution in [2.24, 2.45) is 5.73 Å². The number of unbranched alkanes of at least 4 members (excludes halogenated alkanes) is 1. The van der Waals surface area contributed by atoms with Crippen LogP contribution in [-0.2, 0) is 11.8 Å². The van der Waals surface area contributed by atoms with Crippen molar-refractivity contribution in [2.75, 3.05) is 0 Å². The molecule has 1 aromatic rings. The van der Waals surface area contributed by atoms with Crippen LogP contribution in [-0.4, -0.2) is 16.2 Å². The van der Waals surface area contributed by atoms with Gasteiger partial charge in [0.05, 0.1) is 5.41 Å². The van der Waals surface area contributed by atoms with Gasteiger partial charge in [-0.15, -0.1) is 0 Å². The minimum Gasteiger partial charge on any atom is -0.339 e. The van der Waals surface area contributed by atoms with Crippen LogP contribution in [0, 0.1) is 0 Å². The highest BCUT2D eigenvalue weighted by atomic mass is 16.5. The monoisotopic (exact) mass is 223 g/mol. The zero-order chi connectivity index (χ0) is 11.6. The molecule has 0 aliphatic heterocycles. The largest absolute Gasteiger partial charge is 0.339 e. The maximum absolute atomic E-state index is 6.13. The summed E-state index contributed by atoms with van der Waals surface area (Å²) in [4.78, 5) is 4.49. The van der Waals surface area contributed by atoms with Crippen molar-refractivity contribution in [3.05, 3.63) is 11.7 Å². The Morgan fingerprint density at radius 3 is 3.00 bits per heavy atom. The summed E-state index contributed by atoms with van der Waals surface area (Å²) in [5, 5.41) is 4.04.